The molecule has 1 amide bonds. The number of amides is 1. The summed E-state index contributed by atoms with van der Waals surface area (Å²) in [6.07, 6.45) is 3.15. The molecule has 0 radical (unpaired) electrons. The molecule has 0 unspecified atom stereocenters. The number of carbonyl (C=O) groups is 1. The van der Waals surface area contributed by atoms with Crippen LogP contribution in [0.4, 0.5) is 10.1 Å². The fourth-order valence-corrected chi connectivity index (χ4v) is 3.35. The number of aromatic nitrogens is 2. The molecule has 0 saturated heterocycles. The van der Waals surface area contributed by atoms with Gasteiger partial charge < -0.3 is 5.32 Å². The number of rotatable bonds is 5. The second-order valence-corrected chi connectivity index (χ2v) is 7.06. The highest BCUT2D eigenvalue weighted by atomic mass is 32.2. The van der Waals surface area contributed by atoms with Gasteiger partial charge in [-0.05, 0) is 61.4 Å². The molecule has 3 aromatic rings. The van der Waals surface area contributed by atoms with E-state index in [0.717, 1.165) is 28.6 Å². The maximum atomic E-state index is 12.9. The fraction of sp³-hybridized carbons (Fsp3) is 0.150. The third-order valence-electron chi connectivity index (χ3n) is 3.76. The molecule has 3 rings (SSSR count). The van der Waals surface area contributed by atoms with E-state index in [4.69, 9.17) is 0 Å². The average molecular weight is 383 g/mol. The van der Waals surface area contributed by atoms with Crippen LogP contribution in [0.3, 0.4) is 0 Å². The number of carbonyl (C=O) groups excluding carboxylic acids is 1. The molecule has 0 saturated carbocycles. The minimum absolute atomic E-state index is 0.0243. The van der Waals surface area contributed by atoms with Crippen LogP contribution in [0.2, 0.25) is 0 Å². The minimum Gasteiger partial charge on any atom is -0.325 e. The Bertz CT molecular complexity index is 1010. The van der Waals surface area contributed by atoms with E-state index in [2.05, 4.69) is 10.3 Å². The molecule has 1 aromatic heterocycles. The molecule has 0 bridgehead atoms. The Morgan fingerprint density at radius 1 is 1.15 bits per heavy atom. The minimum atomic E-state index is -0.372. The highest BCUT2D eigenvalue weighted by Gasteiger charge is 2.11. The number of nitrogens with one attached hydrogen (secondary N) is 1. The SMILES string of the molecule is Cc1cc(C)cc(-n2ccnc(SCC(=O)Nc3ccc(F)cc3)c2=O)c1. The zero-order chi connectivity index (χ0) is 19.4. The molecule has 138 valence electrons. The monoisotopic (exact) mass is 383 g/mol. The normalized spacial score (nSPS) is 10.6. The van der Waals surface area contributed by atoms with Gasteiger partial charge in [-0.15, -0.1) is 0 Å². The molecule has 0 aliphatic rings. The van der Waals surface area contributed by atoms with Crippen LogP contribution in [-0.2, 0) is 4.79 Å². The number of halogens is 1. The van der Waals surface area contributed by atoms with Gasteiger partial charge in [0.15, 0.2) is 5.03 Å². The van der Waals surface area contributed by atoms with Gasteiger partial charge in [0.2, 0.25) is 5.91 Å². The average Bonchev–Trinajstić information content (AvgIpc) is 2.62. The van der Waals surface area contributed by atoms with E-state index in [1.807, 2.05) is 32.0 Å². The van der Waals surface area contributed by atoms with Gasteiger partial charge in [0.05, 0.1) is 5.75 Å². The molecule has 0 atom stereocenters. The van der Waals surface area contributed by atoms with Crippen molar-refractivity contribution < 1.29 is 9.18 Å². The molecule has 1 N–H and O–H groups in total. The van der Waals surface area contributed by atoms with Crippen LogP contribution < -0.4 is 10.9 Å². The summed E-state index contributed by atoms with van der Waals surface area (Å²) < 4.78 is 14.4. The summed E-state index contributed by atoms with van der Waals surface area (Å²) in [5, 5.41) is 2.90. The van der Waals surface area contributed by atoms with E-state index in [1.54, 1.807) is 12.4 Å². The maximum Gasteiger partial charge on any atom is 0.287 e. The predicted octanol–water partition coefficient (Wildman–Crippen LogP) is 3.72. The van der Waals surface area contributed by atoms with Crippen LogP contribution in [-0.4, -0.2) is 21.2 Å². The van der Waals surface area contributed by atoms with E-state index in [1.165, 1.54) is 28.8 Å². The van der Waals surface area contributed by atoms with E-state index in [9.17, 15) is 14.0 Å². The Labute approximate surface area is 160 Å². The molecular weight excluding hydrogens is 365 g/mol. The fourth-order valence-electron chi connectivity index (χ4n) is 2.65. The van der Waals surface area contributed by atoms with Gasteiger partial charge >= 0.3 is 0 Å². The van der Waals surface area contributed by atoms with Gasteiger partial charge in [-0.25, -0.2) is 9.37 Å². The van der Waals surface area contributed by atoms with Gasteiger partial charge in [-0.2, -0.15) is 0 Å². The molecule has 0 aliphatic carbocycles. The highest BCUT2D eigenvalue weighted by molar-refractivity contribution is 7.99. The van der Waals surface area contributed by atoms with Crippen LogP contribution >= 0.6 is 11.8 Å². The number of nitrogens with zero attached hydrogens (tertiary/aromatic N) is 2. The van der Waals surface area contributed by atoms with E-state index in [0.29, 0.717) is 5.69 Å². The Balaban J connectivity index is 1.73. The molecule has 27 heavy (non-hydrogen) atoms. The first-order valence-corrected chi connectivity index (χ1v) is 9.25. The van der Waals surface area contributed by atoms with Gasteiger partial charge in [0, 0.05) is 23.8 Å². The molecule has 1 heterocycles. The summed E-state index contributed by atoms with van der Waals surface area (Å²) in [4.78, 5) is 28.9. The van der Waals surface area contributed by atoms with Crippen molar-refractivity contribution in [2.24, 2.45) is 0 Å². The predicted molar refractivity (Wildman–Crippen MR) is 105 cm³/mol. The van der Waals surface area contributed by atoms with E-state index in [-0.39, 0.29) is 28.1 Å². The van der Waals surface area contributed by atoms with E-state index >= 15 is 0 Å². The zero-order valence-electron chi connectivity index (χ0n) is 14.9. The zero-order valence-corrected chi connectivity index (χ0v) is 15.7. The van der Waals surface area contributed by atoms with Crippen molar-refractivity contribution in [2.75, 3.05) is 11.1 Å². The van der Waals surface area contributed by atoms with Crippen molar-refractivity contribution >= 4 is 23.4 Å². The molecule has 0 fully saturated rings. The maximum absolute atomic E-state index is 12.9. The lowest BCUT2D eigenvalue weighted by Gasteiger charge is -2.09. The molecule has 5 nitrogen and oxygen atoms in total. The summed E-state index contributed by atoms with van der Waals surface area (Å²) >= 11 is 1.06. The van der Waals surface area contributed by atoms with Crippen LogP contribution in [0.5, 0.6) is 0 Å². The van der Waals surface area contributed by atoms with Crippen LogP contribution in [0.25, 0.3) is 5.69 Å². The topological polar surface area (TPSA) is 64.0 Å². The Kier molecular flexibility index (Phi) is 5.71. The van der Waals surface area contributed by atoms with Crippen LogP contribution in [0.15, 0.2) is 64.7 Å². The number of anilines is 1. The first-order valence-electron chi connectivity index (χ1n) is 8.27. The third-order valence-corrected chi connectivity index (χ3v) is 4.72. The number of thioether (sulfide) groups is 1. The number of hydrogen-bond donors (Lipinski definition) is 1. The van der Waals surface area contributed by atoms with Crippen molar-refractivity contribution in [1.82, 2.24) is 9.55 Å². The van der Waals surface area contributed by atoms with E-state index < -0.39 is 0 Å². The van der Waals surface area contributed by atoms with Gasteiger partial charge in [0.25, 0.3) is 5.56 Å². The number of aryl methyl sites for hydroxylation is 2. The lowest BCUT2D eigenvalue weighted by Crippen LogP contribution is -2.22. The number of hydrogen-bond acceptors (Lipinski definition) is 4. The molecule has 0 aliphatic heterocycles. The molecule has 2 aromatic carbocycles. The van der Waals surface area contributed by atoms with Crippen molar-refractivity contribution in [3.05, 3.63) is 82.2 Å². The van der Waals surface area contributed by atoms with Gasteiger partial charge in [-0.3, -0.25) is 14.2 Å². The van der Waals surface area contributed by atoms with Gasteiger partial charge in [-0.1, -0.05) is 17.8 Å². The quantitative estimate of drug-likeness (QED) is 0.682. The van der Waals surface area contributed by atoms with Gasteiger partial charge in [0.1, 0.15) is 5.82 Å². The van der Waals surface area contributed by atoms with Crippen LogP contribution in [0.1, 0.15) is 11.1 Å². The lowest BCUT2D eigenvalue weighted by molar-refractivity contribution is -0.113. The molecule has 0 spiro atoms. The first-order chi connectivity index (χ1) is 12.9. The summed E-state index contributed by atoms with van der Waals surface area (Å²) in [6.45, 7) is 3.94. The Hall–Kier alpha value is -2.93. The lowest BCUT2D eigenvalue weighted by atomic mass is 10.1. The summed E-state index contributed by atoms with van der Waals surface area (Å²) in [7, 11) is 0. The first kappa shape index (κ1) is 18.8. The second-order valence-electron chi connectivity index (χ2n) is 6.10. The van der Waals surface area contributed by atoms with Crippen molar-refractivity contribution in [1.29, 1.82) is 0 Å². The standard InChI is InChI=1S/C20H18FN3O2S/c1-13-9-14(2)11-17(10-13)24-8-7-22-19(20(24)26)27-12-18(25)23-16-5-3-15(21)4-6-16/h3-11H,12H2,1-2H3,(H,23,25). The summed E-state index contributed by atoms with van der Waals surface area (Å²) in [6, 6.07) is 11.4. The van der Waals surface area contributed by atoms with Crippen molar-refractivity contribution in [3.8, 4) is 5.69 Å². The smallest absolute Gasteiger partial charge is 0.287 e. The Morgan fingerprint density at radius 2 is 1.81 bits per heavy atom. The summed E-state index contributed by atoms with van der Waals surface area (Å²) in [5.41, 5.74) is 3.10. The second kappa shape index (κ2) is 8.18. The molecule has 7 heteroatoms. The number of benzene rings is 2. The summed E-state index contributed by atoms with van der Waals surface area (Å²) in [5.74, 6) is -0.645. The molecular formula is C20H18FN3O2S. The van der Waals surface area contributed by atoms with Crippen molar-refractivity contribution in [3.63, 3.8) is 0 Å². The largest absolute Gasteiger partial charge is 0.325 e. The van der Waals surface area contributed by atoms with Crippen molar-refractivity contribution in [2.45, 2.75) is 18.9 Å². The highest BCUT2D eigenvalue weighted by Crippen LogP contribution is 2.15. The Morgan fingerprint density at radius 3 is 2.48 bits per heavy atom. The third kappa shape index (κ3) is 4.83. The van der Waals surface area contributed by atoms with Crippen LogP contribution in [0, 0.1) is 19.7 Å².